The smallest absolute Gasteiger partial charge is 0.0595 e. The number of benzene rings is 1. The van der Waals surface area contributed by atoms with E-state index in [1.807, 2.05) is 18.2 Å². The average Bonchev–Trinajstić information content (AvgIpc) is 2.79. The molecule has 0 aromatic heterocycles. The predicted octanol–water partition coefficient (Wildman–Crippen LogP) is 3.02. The lowest BCUT2D eigenvalue weighted by Crippen LogP contribution is -2.26. The number of nitrogens with one attached hydrogen (secondary N) is 1. The van der Waals surface area contributed by atoms with Crippen LogP contribution in [0.3, 0.4) is 0 Å². The minimum absolute atomic E-state index is 0.224. The zero-order valence-electron chi connectivity index (χ0n) is 9.37. The summed E-state index contributed by atoms with van der Waals surface area (Å²) in [6.45, 7) is 0.978. The summed E-state index contributed by atoms with van der Waals surface area (Å²) in [6.07, 6.45) is 5.13. The number of halogens is 2. The van der Waals surface area contributed by atoms with Gasteiger partial charge in [-0.3, -0.25) is 0 Å². The molecule has 0 saturated heterocycles. The van der Waals surface area contributed by atoms with E-state index in [1.54, 1.807) is 0 Å². The molecule has 1 aliphatic rings. The molecule has 1 aliphatic carbocycles. The Labute approximate surface area is 111 Å². The van der Waals surface area contributed by atoms with Crippen LogP contribution in [0.25, 0.3) is 0 Å². The van der Waals surface area contributed by atoms with Crippen molar-refractivity contribution in [1.29, 1.82) is 0 Å². The van der Waals surface area contributed by atoms with Gasteiger partial charge in [0, 0.05) is 25.1 Å². The molecule has 2 N–H and O–H groups in total. The number of hydrogen-bond acceptors (Lipinski definition) is 2. The van der Waals surface area contributed by atoms with Gasteiger partial charge in [-0.05, 0) is 24.1 Å². The molecule has 2 nitrogen and oxygen atoms in total. The van der Waals surface area contributed by atoms with Gasteiger partial charge in [-0.15, -0.1) is 0 Å². The third-order valence-corrected chi connectivity index (χ3v) is 3.70. The number of aliphatic hydroxyl groups is 1. The SMILES string of the molecule is OC[C@H]1C=C[C@@H](NCc2ccc(Cl)c(Cl)c2)C1. The second-order valence-corrected chi connectivity index (χ2v) is 5.11. The molecule has 0 saturated carbocycles. The fourth-order valence-corrected chi connectivity index (χ4v) is 2.28. The molecule has 17 heavy (non-hydrogen) atoms. The minimum atomic E-state index is 0.224. The fourth-order valence-electron chi connectivity index (χ4n) is 1.96. The van der Waals surface area contributed by atoms with Crippen LogP contribution in [-0.2, 0) is 6.54 Å². The van der Waals surface area contributed by atoms with Crippen LogP contribution in [0.2, 0.25) is 10.0 Å². The van der Waals surface area contributed by atoms with Gasteiger partial charge < -0.3 is 10.4 Å². The van der Waals surface area contributed by atoms with E-state index in [4.69, 9.17) is 28.3 Å². The summed E-state index contributed by atoms with van der Waals surface area (Å²) in [4.78, 5) is 0. The molecule has 2 rings (SSSR count). The van der Waals surface area contributed by atoms with Gasteiger partial charge >= 0.3 is 0 Å². The van der Waals surface area contributed by atoms with Gasteiger partial charge in [-0.1, -0.05) is 41.4 Å². The van der Waals surface area contributed by atoms with E-state index in [0.29, 0.717) is 22.0 Å². The van der Waals surface area contributed by atoms with Gasteiger partial charge in [0.05, 0.1) is 10.0 Å². The Balaban J connectivity index is 1.86. The number of aliphatic hydroxyl groups excluding tert-OH is 1. The Morgan fingerprint density at radius 1 is 1.24 bits per heavy atom. The van der Waals surface area contributed by atoms with Gasteiger partial charge in [-0.2, -0.15) is 0 Å². The molecule has 0 aliphatic heterocycles. The lowest BCUT2D eigenvalue weighted by Gasteiger charge is -2.13. The molecule has 1 aromatic rings. The van der Waals surface area contributed by atoms with Crippen molar-refractivity contribution in [2.24, 2.45) is 5.92 Å². The first-order valence-corrected chi connectivity index (χ1v) is 6.41. The molecule has 0 amide bonds. The van der Waals surface area contributed by atoms with Crippen LogP contribution in [-0.4, -0.2) is 17.8 Å². The van der Waals surface area contributed by atoms with E-state index in [9.17, 15) is 0 Å². The van der Waals surface area contributed by atoms with E-state index in [2.05, 4.69) is 17.5 Å². The van der Waals surface area contributed by atoms with Crippen molar-refractivity contribution < 1.29 is 5.11 Å². The first kappa shape index (κ1) is 12.9. The molecule has 0 bridgehead atoms. The van der Waals surface area contributed by atoms with Gasteiger partial charge in [0.1, 0.15) is 0 Å². The highest BCUT2D eigenvalue weighted by atomic mass is 35.5. The third kappa shape index (κ3) is 3.46. The quantitative estimate of drug-likeness (QED) is 0.826. The van der Waals surface area contributed by atoms with E-state index in [0.717, 1.165) is 18.5 Å². The molecule has 0 heterocycles. The average molecular weight is 272 g/mol. The van der Waals surface area contributed by atoms with Crippen molar-refractivity contribution in [3.8, 4) is 0 Å². The number of hydrogen-bond donors (Lipinski definition) is 2. The van der Waals surface area contributed by atoms with Crippen molar-refractivity contribution in [3.05, 3.63) is 46.0 Å². The van der Waals surface area contributed by atoms with Crippen molar-refractivity contribution in [1.82, 2.24) is 5.32 Å². The summed E-state index contributed by atoms with van der Waals surface area (Å²) in [7, 11) is 0. The summed E-state index contributed by atoms with van der Waals surface area (Å²) in [5, 5.41) is 13.6. The second kappa shape index (κ2) is 5.87. The van der Waals surface area contributed by atoms with E-state index >= 15 is 0 Å². The minimum Gasteiger partial charge on any atom is -0.396 e. The second-order valence-electron chi connectivity index (χ2n) is 4.30. The largest absolute Gasteiger partial charge is 0.396 e. The summed E-state index contributed by atoms with van der Waals surface area (Å²) >= 11 is 11.8. The normalized spacial score (nSPS) is 23.2. The van der Waals surface area contributed by atoms with Crippen LogP contribution in [0.15, 0.2) is 30.4 Å². The molecule has 0 unspecified atom stereocenters. The van der Waals surface area contributed by atoms with Crippen LogP contribution in [0.1, 0.15) is 12.0 Å². The Hall–Kier alpha value is -0.540. The lowest BCUT2D eigenvalue weighted by molar-refractivity contribution is 0.246. The van der Waals surface area contributed by atoms with Crippen LogP contribution in [0, 0.1) is 5.92 Å². The maximum Gasteiger partial charge on any atom is 0.0595 e. The molecule has 0 radical (unpaired) electrons. The van der Waals surface area contributed by atoms with Crippen LogP contribution in [0.4, 0.5) is 0 Å². The topological polar surface area (TPSA) is 32.3 Å². The van der Waals surface area contributed by atoms with E-state index in [-0.39, 0.29) is 6.61 Å². The predicted molar refractivity (Wildman–Crippen MR) is 71.4 cm³/mol. The highest BCUT2D eigenvalue weighted by Gasteiger charge is 2.17. The fraction of sp³-hybridized carbons (Fsp3) is 0.385. The first-order chi connectivity index (χ1) is 8.19. The van der Waals surface area contributed by atoms with Crippen molar-refractivity contribution in [2.45, 2.75) is 19.0 Å². The first-order valence-electron chi connectivity index (χ1n) is 5.65. The Morgan fingerprint density at radius 3 is 2.71 bits per heavy atom. The highest BCUT2D eigenvalue weighted by molar-refractivity contribution is 6.42. The van der Waals surface area contributed by atoms with E-state index in [1.165, 1.54) is 0 Å². The maximum absolute atomic E-state index is 9.02. The molecule has 92 valence electrons. The molecule has 0 fully saturated rings. The summed E-state index contributed by atoms with van der Waals surface area (Å²) in [5.41, 5.74) is 1.11. The standard InChI is InChI=1S/C13H15Cl2NO/c14-12-4-2-9(6-13(12)15)7-16-11-3-1-10(5-11)8-17/h1-4,6,10-11,16-17H,5,7-8H2/t10-,11+/m0/s1. The van der Waals surface area contributed by atoms with Crippen molar-refractivity contribution in [2.75, 3.05) is 6.61 Å². The summed E-state index contributed by atoms with van der Waals surface area (Å²) in [6, 6.07) is 5.98. The summed E-state index contributed by atoms with van der Waals surface area (Å²) < 4.78 is 0. The molecule has 0 spiro atoms. The zero-order chi connectivity index (χ0) is 12.3. The van der Waals surface area contributed by atoms with Crippen molar-refractivity contribution >= 4 is 23.2 Å². The van der Waals surface area contributed by atoms with Gasteiger partial charge in [0.25, 0.3) is 0 Å². The third-order valence-electron chi connectivity index (χ3n) is 2.96. The molecular formula is C13H15Cl2NO. The Morgan fingerprint density at radius 2 is 2.06 bits per heavy atom. The van der Waals surface area contributed by atoms with Crippen LogP contribution >= 0.6 is 23.2 Å². The molecular weight excluding hydrogens is 257 g/mol. The Kier molecular flexibility index (Phi) is 4.46. The Bertz CT molecular complexity index is 420. The number of rotatable bonds is 4. The molecule has 1 aromatic carbocycles. The lowest BCUT2D eigenvalue weighted by atomic mass is 10.1. The zero-order valence-corrected chi connectivity index (χ0v) is 10.9. The maximum atomic E-state index is 9.02. The monoisotopic (exact) mass is 271 g/mol. The molecule has 4 heteroatoms. The van der Waals surface area contributed by atoms with Crippen LogP contribution < -0.4 is 5.32 Å². The van der Waals surface area contributed by atoms with Gasteiger partial charge in [-0.25, -0.2) is 0 Å². The van der Waals surface area contributed by atoms with Crippen LogP contribution in [0.5, 0.6) is 0 Å². The van der Waals surface area contributed by atoms with E-state index < -0.39 is 0 Å². The van der Waals surface area contributed by atoms with Gasteiger partial charge in [0.15, 0.2) is 0 Å². The van der Waals surface area contributed by atoms with Crippen molar-refractivity contribution in [3.63, 3.8) is 0 Å². The van der Waals surface area contributed by atoms with Gasteiger partial charge in [0.2, 0.25) is 0 Å². The highest BCUT2D eigenvalue weighted by Crippen LogP contribution is 2.23. The summed E-state index contributed by atoms with van der Waals surface area (Å²) in [5.74, 6) is 0.293. The molecule has 2 atom stereocenters.